The molecule has 0 aliphatic heterocycles. The van der Waals surface area contributed by atoms with Crippen LogP contribution in [-0.4, -0.2) is 10.1 Å². The molecule has 3 heteroatoms. The van der Waals surface area contributed by atoms with Crippen molar-refractivity contribution in [1.29, 1.82) is 0 Å². The van der Waals surface area contributed by atoms with Crippen LogP contribution in [0.2, 0.25) is 0 Å². The highest BCUT2D eigenvalue weighted by atomic mass is 32.1. The van der Waals surface area contributed by atoms with E-state index < -0.39 is 0 Å². The van der Waals surface area contributed by atoms with Gasteiger partial charge in [-0.25, -0.2) is 0 Å². The zero-order valence-electron chi connectivity index (χ0n) is 14.0. The minimum absolute atomic E-state index is 0.131. The summed E-state index contributed by atoms with van der Waals surface area (Å²) in [7, 11) is 0. The Morgan fingerprint density at radius 2 is 1.87 bits per heavy atom. The molecule has 0 radical (unpaired) electrons. The van der Waals surface area contributed by atoms with E-state index in [9.17, 15) is 5.11 Å². The van der Waals surface area contributed by atoms with Gasteiger partial charge in [-0.15, -0.1) is 0 Å². The molecule has 2 nitrogen and oxygen atoms in total. The molecule has 0 aromatic heterocycles. The molecule has 1 rings (SSSR count). The first-order valence-corrected chi connectivity index (χ1v) is 8.12. The van der Waals surface area contributed by atoms with E-state index in [2.05, 4.69) is 32.2 Å². The number of nitrogens with one attached hydrogen (secondary N) is 1. The predicted octanol–water partition coefficient (Wildman–Crippen LogP) is 6.12. The van der Waals surface area contributed by atoms with Crippen LogP contribution in [0, 0.1) is 0 Å². The smallest absolute Gasteiger partial charge is 0.118 e. The van der Waals surface area contributed by atoms with Crippen LogP contribution in [0.1, 0.15) is 33.6 Å². The van der Waals surface area contributed by atoms with E-state index in [1.807, 2.05) is 42.5 Å². The molecule has 0 atom stereocenters. The maximum Gasteiger partial charge on any atom is 0.118 e. The standard InChI is InChI=1S/C20H25NOS/c1-16(2)9-7-10-17(3)11-8-14-19(22)15-20(23)21-18-12-5-4-6-13-18/h4-6,8-9,11-15,22H,7,10H2,1-3H3,(H,21,23)/b14-8+,17-11+,19-15-. The lowest BCUT2D eigenvalue weighted by Gasteiger charge is -2.03. The summed E-state index contributed by atoms with van der Waals surface area (Å²) < 4.78 is 0. The molecule has 0 spiro atoms. The summed E-state index contributed by atoms with van der Waals surface area (Å²) in [5.41, 5.74) is 3.52. The Kier molecular flexibility index (Phi) is 8.70. The highest BCUT2D eigenvalue weighted by Gasteiger charge is 1.95. The third kappa shape index (κ3) is 9.48. The molecular weight excluding hydrogens is 302 g/mol. The average molecular weight is 327 g/mol. The van der Waals surface area contributed by atoms with E-state index in [0.717, 1.165) is 18.5 Å². The van der Waals surface area contributed by atoms with Crippen LogP contribution in [0.25, 0.3) is 0 Å². The fourth-order valence-electron chi connectivity index (χ4n) is 1.87. The highest BCUT2D eigenvalue weighted by molar-refractivity contribution is 7.81. The van der Waals surface area contributed by atoms with Gasteiger partial charge in [0.05, 0.1) is 0 Å². The summed E-state index contributed by atoms with van der Waals surface area (Å²) in [5.74, 6) is 0.131. The van der Waals surface area contributed by atoms with Gasteiger partial charge in [-0.1, -0.05) is 59.8 Å². The van der Waals surface area contributed by atoms with Crippen LogP contribution in [0.4, 0.5) is 5.69 Å². The number of benzene rings is 1. The Labute approximate surface area is 144 Å². The number of aliphatic hydroxyl groups excluding tert-OH is 1. The lowest BCUT2D eigenvalue weighted by atomic mass is 10.1. The lowest BCUT2D eigenvalue weighted by Crippen LogP contribution is -2.05. The van der Waals surface area contributed by atoms with Gasteiger partial charge in [0.2, 0.25) is 0 Å². The summed E-state index contributed by atoms with van der Waals surface area (Å²) in [5, 5.41) is 12.9. The second-order valence-electron chi connectivity index (χ2n) is 5.62. The average Bonchev–Trinajstić information content (AvgIpc) is 2.47. The van der Waals surface area contributed by atoms with E-state index in [1.165, 1.54) is 17.2 Å². The molecule has 0 saturated heterocycles. The lowest BCUT2D eigenvalue weighted by molar-refractivity contribution is 0.433. The minimum Gasteiger partial charge on any atom is -0.508 e. The van der Waals surface area contributed by atoms with Gasteiger partial charge in [-0.3, -0.25) is 0 Å². The van der Waals surface area contributed by atoms with Crippen molar-refractivity contribution in [3.8, 4) is 0 Å². The van der Waals surface area contributed by atoms with Crippen LogP contribution in [0.5, 0.6) is 0 Å². The summed E-state index contributed by atoms with van der Waals surface area (Å²) in [6.07, 6.45) is 11.3. The van der Waals surface area contributed by atoms with Crippen LogP contribution >= 0.6 is 12.2 Å². The zero-order valence-corrected chi connectivity index (χ0v) is 14.9. The van der Waals surface area contributed by atoms with Gasteiger partial charge < -0.3 is 10.4 Å². The molecule has 0 amide bonds. The van der Waals surface area contributed by atoms with Crippen LogP contribution < -0.4 is 5.32 Å². The molecule has 0 fully saturated rings. The van der Waals surface area contributed by atoms with Crippen molar-refractivity contribution in [2.45, 2.75) is 33.6 Å². The zero-order chi connectivity index (χ0) is 17.1. The van der Waals surface area contributed by atoms with Crippen LogP contribution in [0.15, 0.2) is 77.6 Å². The molecule has 1 aromatic rings. The quantitative estimate of drug-likeness (QED) is 0.208. The first-order chi connectivity index (χ1) is 11.0. The fraction of sp³-hybridized carbons (Fsp3) is 0.250. The number of hydrogen-bond acceptors (Lipinski definition) is 2. The van der Waals surface area contributed by atoms with Gasteiger partial charge in [0.25, 0.3) is 0 Å². The number of thiocarbonyl (C=S) groups is 1. The first-order valence-electron chi connectivity index (χ1n) is 7.71. The molecule has 0 saturated carbocycles. The van der Waals surface area contributed by atoms with Crippen LogP contribution in [-0.2, 0) is 0 Å². The number of anilines is 1. The van der Waals surface area contributed by atoms with E-state index in [4.69, 9.17) is 12.2 Å². The van der Waals surface area contributed by atoms with Gasteiger partial charge in [0, 0.05) is 11.8 Å². The summed E-state index contributed by atoms with van der Waals surface area (Å²) in [4.78, 5) is 0.475. The van der Waals surface area contributed by atoms with Gasteiger partial charge in [-0.05, 0) is 51.8 Å². The second-order valence-corrected chi connectivity index (χ2v) is 6.06. The monoisotopic (exact) mass is 327 g/mol. The molecule has 23 heavy (non-hydrogen) atoms. The highest BCUT2D eigenvalue weighted by Crippen LogP contribution is 2.08. The Morgan fingerprint density at radius 3 is 2.52 bits per heavy atom. The molecule has 0 unspecified atom stereocenters. The summed E-state index contributed by atoms with van der Waals surface area (Å²) in [6.45, 7) is 6.30. The van der Waals surface area contributed by atoms with E-state index >= 15 is 0 Å². The molecule has 0 heterocycles. The van der Waals surface area contributed by atoms with Crippen molar-refractivity contribution >= 4 is 22.9 Å². The second kappa shape index (κ2) is 10.6. The Morgan fingerprint density at radius 1 is 1.17 bits per heavy atom. The number of aliphatic hydroxyl groups is 1. The largest absolute Gasteiger partial charge is 0.508 e. The molecular formula is C20H25NOS. The van der Waals surface area contributed by atoms with Gasteiger partial charge in [0.1, 0.15) is 10.7 Å². The number of para-hydroxylation sites is 1. The molecule has 0 aliphatic carbocycles. The normalized spacial score (nSPS) is 12.3. The van der Waals surface area contributed by atoms with Crippen molar-refractivity contribution in [1.82, 2.24) is 0 Å². The third-order valence-electron chi connectivity index (χ3n) is 3.06. The van der Waals surface area contributed by atoms with E-state index in [0.29, 0.717) is 4.99 Å². The molecule has 122 valence electrons. The molecule has 0 aliphatic rings. The Balaban J connectivity index is 2.48. The summed E-state index contributed by atoms with van der Waals surface area (Å²) >= 11 is 5.19. The first kappa shape index (κ1) is 18.9. The SMILES string of the molecule is CC(C)=CCC/C(C)=C/C=C/C(O)=C/C(=S)Nc1ccccc1. The number of rotatable bonds is 7. The van der Waals surface area contributed by atoms with Crippen molar-refractivity contribution in [2.24, 2.45) is 0 Å². The third-order valence-corrected chi connectivity index (χ3v) is 3.28. The van der Waals surface area contributed by atoms with Gasteiger partial charge in [0.15, 0.2) is 0 Å². The van der Waals surface area contributed by atoms with Crippen molar-refractivity contribution in [3.05, 3.63) is 77.6 Å². The van der Waals surface area contributed by atoms with Crippen molar-refractivity contribution in [3.63, 3.8) is 0 Å². The maximum atomic E-state index is 9.87. The van der Waals surface area contributed by atoms with Gasteiger partial charge in [-0.2, -0.15) is 0 Å². The predicted molar refractivity (Wildman–Crippen MR) is 105 cm³/mol. The molecule has 0 bridgehead atoms. The van der Waals surface area contributed by atoms with Crippen molar-refractivity contribution < 1.29 is 5.11 Å². The van der Waals surface area contributed by atoms with Gasteiger partial charge >= 0.3 is 0 Å². The Bertz CT molecular complexity index is 620. The topological polar surface area (TPSA) is 32.3 Å². The summed E-state index contributed by atoms with van der Waals surface area (Å²) in [6, 6.07) is 9.64. The van der Waals surface area contributed by atoms with E-state index in [1.54, 1.807) is 6.08 Å². The number of allylic oxidation sites excluding steroid dienone is 6. The fourth-order valence-corrected chi connectivity index (χ4v) is 2.10. The maximum absolute atomic E-state index is 9.87. The molecule has 1 aromatic carbocycles. The number of hydrogen-bond donors (Lipinski definition) is 2. The minimum atomic E-state index is 0.131. The van der Waals surface area contributed by atoms with Crippen molar-refractivity contribution in [2.75, 3.05) is 5.32 Å². The van der Waals surface area contributed by atoms with Crippen LogP contribution in [0.3, 0.4) is 0 Å². The Hall–Kier alpha value is -2.13. The molecule has 2 N–H and O–H groups in total. The van der Waals surface area contributed by atoms with E-state index in [-0.39, 0.29) is 5.76 Å².